The largest absolute Gasteiger partial charge is 0.382 e. The molecule has 2 aromatic heterocycles. The van der Waals surface area contributed by atoms with E-state index in [-0.39, 0.29) is 22.3 Å². The summed E-state index contributed by atoms with van der Waals surface area (Å²) in [7, 11) is 0. The van der Waals surface area contributed by atoms with Gasteiger partial charge >= 0.3 is 0 Å². The maximum Gasteiger partial charge on any atom is 0.272 e. The lowest BCUT2D eigenvalue weighted by Crippen LogP contribution is -2.25. The van der Waals surface area contributed by atoms with Crippen molar-refractivity contribution in [1.29, 1.82) is 5.26 Å². The quantitative estimate of drug-likeness (QED) is 0.629. The summed E-state index contributed by atoms with van der Waals surface area (Å²) in [4.78, 5) is 27.5. The Labute approximate surface area is 129 Å². The van der Waals surface area contributed by atoms with Gasteiger partial charge in [0, 0.05) is 4.28 Å². The summed E-state index contributed by atoms with van der Waals surface area (Å²) >= 11 is 0. The number of benzene rings is 1. The number of amides is 1. The van der Waals surface area contributed by atoms with Crippen molar-refractivity contribution in [3.05, 3.63) is 36.2 Å². The van der Waals surface area contributed by atoms with E-state index in [2.05, 4.69) is 25.3 Å². The minimum absolute atomic E-state index is 0. The van der Waals surface area contributed by atoms with Crippen molar-refractivity contribution in [2.75, 3.05) is 12.3 Å². The lowest BCUT2D eigenvalue weighted by atomic mass is 10.3. The summed E-state index contributed by atoms with van der Waals surface area (Å²) in [6.07, 6.45) is 1.26. The molecule has 22 heavy (non-hydrogen) atoms. The first-order valence-electron chi connectivity index (χ1n) is 6.42. The number of nitrogen functional groups attached to an aromatic ring is 1. The number of aromatic amines is 1. The van der Waals surface area contributed by atoms with Gasteiger partial charge in [0.15, 0.2) is 11.6 Å². The molecule has 8 heteroatoms. The topological polar surface area (TPSA) is 133 Å². The van der Waals surface area contributed by atoms with Crippen molar-refractivity contribution in [1.82, 2.24) is 25.3 Å². The Morgan fingerprint density at radius 2 is 2.23 bits per heavy atom. The second kappa shape index (κ2) is 5.49. The van der Waals surface area contributed by atoms with Gasteiger partial charge < -0.3 is 16.0 Å². The fourth-order valence-electron chi connectivity index (χ4n) is 1.96. The molecule has 3 aromatic rings. The lowest BCUT2D eigenvalue weighted by Gasteiger charge is -2.04. The zero-order valence-corrected chi connectivity index (χ0v) is 11.4. The Morgan fingerprint density at radius 1 is 1.41 bits per heavy atom. The molecule has 0 unspecified atom stereocenters. The standard InChI is InChI=1S/C14H11N7O.3H2/c15-5-6-17-14(22)10-7-18-12(16)11(19-10)13-20-8-3-1-2-4-9(8)21-13;;;/h1-4,7H,6H2,(H2,16,18)(H,17,22)(H,20,21);3*1H. The van der Waals surface area contributed by atoms with Crippen LogP contribution in [-0.4, -0.2) is 32.4 Å². The van der Waals surface area contributed by atoms with Gasteiger partial charge in [-0.3, -0.25) is 4.79 Å². The molecule has 4 N–H and O–H groups in total. The predicted molar refractivity (Wildman–Crippen MR) is 85.8 cm³/mol. The maximum absolute atomic E-state index is 11.8. The number of aromatic nitrogens is 4. The van der Waals surface area contributed by atoms with Crippen LogP contribution in [-0.2, 0) is 0 Å². The van der Waals surface area contributed by atoms with Crippen molar-refractivity contribution < 1.29 is 9.07 Å². The Morgan fingerprint density at radius 3 is 3.00 bits per heavy atom. The molecule has 0 aliphatic rings. The molecule has 0 aliphatic heterocycles. The highest BCUT2D eigenvalue weighted by Crippen LogP contribution is 2.22. The van der Waals surface area contributed by atoms with Crippen LogP contribution in [0.4, 0.5) is 5.82 Å². The molecule has 8 nitrogen and oxygen atoms in total. The number of nitriles is 1. The van der Waals surface area contributed by atoms with Crippen molar-refractivity contribution in [2.24, 2.45) is 0 Å². The second-order valence-corrected chi connectivity index (χ2v) is 4.43. The molecule has 1 amide bonds. The van der Waals surface area contributed by atoms with Crippen LogP contribution in [0.15, 0.2) is 30.5 Å². The van der Waals surface area contributed by atoms with E-state index in [1.54, 1.807) is 0 Å². The average Bonchev–Trinajstić information content (AvgIpc) is 2.96. The monoisotopic (exact) mass is 299 g/mol. The van der Waals surface area contributed by atoms with Gasteiger partial charge in [0.2, 0.25) is 0 Å². The zero-order valence-electron chi connectivity index (χ0n) is 11.4. The van der Waals surface area contributed by atoms with Crippen LogP contribution >= 0.6 is 0 Å². The maximum atomic E-state index is 11.8. The molecule has 0 aliphatic carbocycles. The summed E-state index contributed by atoms with van der Waals surface area (Å²) in [6.45, 7) is -0.106. The molecule has 1 aromatic carbocycles. The normalized spacial score (nSPS) is 10.3. The smallest absolute Gasteiger partial charge is 0.272 e. The number of carbonyl (C=O) groups excluding carboxylic acids is 1. The van der Waals surface area contributed by atoms with Crippen molar-refractivity contribution in [3.8, 4) is 17.6 Å². The molecule has 0 radical (unpaired) electrons. The summed E-state index contributed by atoms with van der Waals surface area (Å²) in [6, 6.07) is 9.29. The molecule has 0 saturated heterocycles. The van der Waals surface area contributed by atoms with Gasteiger partial charge in [-0.05, 0) is 12.1 Å². The van der Waals surface area contributed by atoms with E-state index >= 15 is 0 Å². The van der Waals surface area contributed by atoms with Crippen LogP contribution in [0.3, 0.4) is 0 Å². The highest BCUT2D eigenvalue weighted by atomic mass is 16.1. The first kappa shape index (κ1) is 13.5. The first-order chi connectivity index (χ1) is 10.7. The first-order valence-corrected chi connectivity index (χ1v) is 6.42. The Bertz CT molecular complexity index is 874. The number of rotatable bonds is 3. The number of carbonyl (C=O) groups is 1. The minimum Gasteiger partial charge on any atom is -0.382 e. The predicted octanol–water partition coefficient (Wildman–Crippen LogP) is 1.59. The second-order valence-electron chi connectivity index (χ2n) is 4.43. The number of para-hydroxylation sites is 2. The number of fused-ring (bicyclic) bond motifs is 1. The van der Waals surface area contributed by atoms with E-state index in [1.807, 2.05) is 30.3 Å². The van der Waals surface area contributed by atoms with Crippen LogP contribution < -0.4 is 11.1 Å². The summed E-state index contributed by atoms with van der Waals surface area (Å²) < 4.78 is 0. The third-order valence-electron chi connectivity index (χ3n) is 2.98. The fraction of sp³-hybridized carbons (Fsp3) is 0.0714. The van der Waals surface area contributed by atoms with Gasteiger partial charge in [-0.2, -0.15) is 5.26 Å². The van der Waals surface area contributed by atoms with Crippen molar-refractivity contribution in [3.63, 3.8) is 0 Å². The summed E-state index contributed by atoms with van der Waals surface area (Å²) in [5.41, 5.74) is 7.78. The van der Waals surface area contributed by atoms with E-state index in [9.17, 15) is 4.79 Å². The summed E-state index contributed by atoms with van der Waals surface area (Å²) in [5, 5.41) is 10.9. The highest BCUT2D eigenvalue weighted by Gasteiger charge is 2.15. The molecular weight excluding hydrogens is 282 g/mol. The number of hydrogen-bond acceptors (Lipinski definition) is 6. The van der Waals surface area contributed by atoms with Gasteiger partial charge in [0.25, 0.3) is 5.91 Å². The van der Waals surface area contributed by atoms with E-state index in [4.69, 9.17) is 11.0 Å². The van der Waals surface area contributed by atoms with E-state index in [0.717, 1.165) is 11.0 Å². The zero-order chi connectivity index (χ0) is 15.5. The van der Waals surface area contributed by atoms with Crippen LogP contribution in [0.5, 0.6) is 0 Å². The van der Waals surface area contributed by atoms with Gasteiger partial charge in [0.05, 0.1) is 23.3 Å². The molecule has 3 rings (SSSR count). The number of anilines is 1. The molecule has 0 fully saturated rings. The third kappa shape index (κ3) is 2.43. The van der Waals surface area contributed by atoms with Crippen LogP contribution in [0.2, 0.25) is 0 Å². The average molecular weight is 299 g/mol. The molecule has 0 saturated carbocycles. The SMILES string of the molecule is N#CCNC(=O)c1cnc(N)c(-c2nc3ccccc3[nH]2)n1.[HH].[HH].[HH]. The molecule has 114 valence electrons. The summed E-state index contributed by atoms with van der Waals surface area (Å²) in [5.74, 6) is 0.100. The number of nitrogens with two attached hydrogens (primary N) is 1. The van der Waals surface area contributed by atoms with Crippen molar-refractivity contribution >= 4 is 22.8 Å². The number of nitrogens with one attached hydrogen (secondary N) is 2. The molecule has 2 heterocycles. The lowest BCUT2D eigenvalue weighted by molar-refractivity contribution is 0.0953. The van der Waals surface area contributed by atoms with Crippen LogP contribution in [0, 0.1) is 11.3 Å². The number of hydrogen-bond donors (Lipinski definition) is 3. The Balaban J connectivity index is 0.00000192. The number of nitrogens with zero attached hydrogens (tertiary/aromatic N) is 4. The molecule has 0 bridgehead atoms. The number of H-pyrrole nitrogens is 1. The third-order valence-corrected chi connectivity index (χ3v) is 2.98. The highest BCUT2D eigenvalue weighted by molar-refractivity contribution is 5.93. The molecular formula is C14H17N7O. The van der Waals surface area contributed by atoms with E-state index in [1.165, 1.54) is 6.20 Å². The minimum atomic E-state index is -0.494. The molecule has 0 spiro atoms. The van der Waals surface area contributed by atoms with Crippen LogP contribution in [0.25, 0.3) is 22.6 Å². The van der Waals surface area contributed by atoms with Crippen LogP contribution in [0.1, 0.15) is 14.8 Å². The van der Waals surface area contributed by atoms with Gasteiger partial charge in [-0.15, -0.1) is 0 Å². The van der Waals surface area contributed by atoms with Gasteiger partial charge in [-0.1, -0.05) is 12.1 Å². The van der Waals surface area contributed by atoms with E-state index < -0.39 is 5.91 Å². The number of imidazole rings is 1. The fourth-order valence-corrected chi connectivity index (χ4v) is 1.96. The Kier molecular flexibility index (Phi) is 3.37. The molecule has 0 atom stereocenters. The van der Waals surface area contributed by atoms with Gasteiger partial charge in [-0.25, -0.2) is 15.0 Å². The Hall–Kier alpha value is -3.47. The van der Waals surface area contributed by atoms with E-state index in [0.29, 0.717) is 11.5 Å². The van der Waals surface area contributed by atoms with Gasteiger partial charge in [0.1, 0.15) is 17.9 Å². The van der Waals surface area contributed by atoms with Crippen molar-refractivity contribution in [2.45, 2.75) is 0 Å².